The molecule has 2 atom stereocenters. The Morgan fingerprint density at radius 1 is 0.650 bits per heavy atom. The molecule has 2 aliphatic heterocycles. The standard InChI is InChI=1S/C33H26Br2N2O3/c34-25-14-10-22(11-15-25)19-33(28-18-30(38)37(31(28)39)21-24-12-16-26(35)17-13-24)27-8-4-5-9-29(27)36(32(33)40)20-23-6-2-1-3-7-23/h1-17,28H,18-21H2/t28-,33+/m0/s1. The van der Waals surface area contributed by atoms with Gasteiger partial charge in [-0.1, -0.05) is 105 Å². The molecule has 6 rings (SSSR count). The summed E-state index contributed by atoms with van der Waals surface area (Å²) in [6.07, 6.45) is 0.308. The minimum atomic E-state index is -1.21. The van der Waals surface area contributed by atoms with Gasteiger partial charge in [0.2, 0.25) is 17.7 Å². The summed E-state index contributed by atoms with van der Waals surface area (Å²) in [6, 6.07) is 33.0. The Bertz CT molecular complexity index is 1590. The monoisotopic (exact) mass is 656 g/mol. The molecule has 0 bridgehead atoms. The largest absolute Gasteiger partial charge is 0.307 e. The molecule has 4 aromatic carbocycles. The lowest BCUT2D eigenvalue weighted by molar-refractivity contribution is -0.142. The van der Waals surface area contributed by atoms with E-state index >= 15 is 0 Å². The highest BCUT2D eigenvalue weighted by Crippen LogP contribution is 2.52. The Morgan fingerprint density at radius 3 is 1.88 bits per heavy atom. The van der Waals surface area contributed by atoms with Crippen LogP contribution in [0, 0.1) is 5.92 Å². The van der Waals surface area contributed by atoms with Gasteiger partial charge in [-0.25, -0.2) is 0 Å². The van der Waals surface area contributed by atoms with Gasteiger partial charge >= 0.3 is 0 Å². The SMILES string of the molecule is O=C1C[C@H]([C@]2(Cc3ccc(Br)cc3)C(=O)N(Cc3ccccc3)c3ccccc32)C(=O)N1Cc1ccc(Br)cc1. The van der Waals surface area contributed by atoms with Gasteiger partial charge in [-0.2, -0.15) is 0 Å². The summed E-state index contributed by atoms with van der Waals surface area (Å²) < 4.78 is 1.86. The van der Waals surface area contributed by atoms with E-state index in [0.717, 1.165) is 36.9 Å². The van der Waals surface area contributed by atoms with Gasteiger partial charge in [-0.15, -0.1) is 0 Å². The summed E-state index contributed by atoms with van der Waals surface area (Å²) in [5, 5.41) is 0. The molecule has 40 heavy (non-hydrogen) atoms. The zero-order valence-corrected chi connectivity index (χ0v) is 24.8. The van der Waals surface area contributed by atoms with Crippen molar-refractivity contribution in [2.45, 2.75) is 31.3 Å². The molecule has 0 aliphatic carbocycles. The first-order chi connectivity index (χ1) is 19.4. The van der Waals surface area contributed by atoms with Gasteiger partial charge in [0.25, 0.3) is 0 Å². The maximum absolute atomic E-state index is 14.7. The second kappa shape index (κ2) is 10.8. The first-order valence-corrected chi connectivity index (χ1v) is 14.7. The molecule has 2 aliphatic rings. The number of para-hydroxylation sites is 1. The number of benzene rings is 4. The molecule has 0 N–H and O–H groups in total. The van der Waals surface area contributed by atoms with Crippen LogP contribution < -0.4 is 4.90 Å². The van der Waals surface area contributed by atoms with E-state index in [4.69, 9.17) is 0 Å². The summed E-state index contributed by atoms with van der Waals surface area (Å²) in [5.41, 5.74) is 3.17. The molecule has 7 heteroatoms. The van der Waals surface area contributed by atoms with Gasteiger partial charge in [-0.05, 0) is 59.0 Å². The number of halogens is 2. The van der Waals surface area contributed by atoms with Gasteiger partial charge in [0.1, 0.15) is 0 Å². The zero-order chi connectivity index (χ0) is 27.9. The molecule has 0 unspecified atom stereocenters. The Hall–Kier alpha value is -3.55. The quantitative estimate of drug-likeness (QED) is 0.205. The van der Waals surface area contributed by atoms with Gasteiger partial charge in [-0.3, -0.25) is 19.3 Å². The van der Waals surface area contributed by atoms with E-state index in [2.05, 4.69) is 31.9 Å². The van der Waals surface area contributed by atoms with Crippen molar-refractivity contribution in [3.63, 3.8) is 0 Å². The molecule has 2 heterocycles. The molecule has 0 aromatic heterocycles. The number of carbonyl (C=O) groups excluding carboxylic acids is 3. The second-order valence-corrected chi connectivity index (χ2v) is 12.2. The fraction of sp³-hybridized carbons (Fsp3) is 0.182. The fourth-order valence-corrected chi connectivity index (χ4v) is 6.56. The zero-order valence-electron chi connectivity index (χ0n) is 21.6. The summed E-state index contributed by atoms with van der Waals surface area (Å²) >= 11 is 6.94. The molecule has 3 amide bonds. The normalized spacial score (nSPS) is 20.4. The molecule has 4 aromatic rings. The van der Waals surface area contributed by atoms with Crippen molar-refractivity contribution in [1.82, 2.24) is 4.90 Å². The number of hydrogen-bond acceptors (Lipinski definition) is 3. The van der Waals surface area contributed by atoms with Crippen LogP contribution in [0.5, 0.6) is 0 Å². The number of imide groups is 1. The fourth-order valence-electron chi connectivity index (χ4n) is 6.04. The first-order valence-electron chi connectivity index (χ1n) is 13.2. The van der Waals surface area contributed by atoms with E-state index in [0.29, 0.717) is 13.0 Å². The molecular weight excluding hydrogens is 632 g/mol. The van der Waals surface area contributed by atoms with Crippen LogP contribution in [0.2, 0.25) is 0 Å². The van der Waals surface area contributed by atoms with Crippen LogP contribution in [-0.2, 0) is 39.3 Å². The predicted molar refractivity (Wildman–Crippen MR) is 161 cm³/mol. The third-order valence-electron chi connectivity index (χ3n) is 7.97. The summed E-state index contributed by atoms with van der Waals surface area (Å²) in [5.74, 6) is -1.50. The van der Waals surface area contributed by atoms with Crippen LogP contribution in [0.15, 0.2) is 112 Å². The van der Waals surface area contributed by atoms with Crippen molar-refractivity contribution in [3.8, 4) is 0 Å². The predicted octanol–water partition coefficient (Wildman–Crippen LogP) is 6.81. The number of amides is 3. The molecule has 0 radical (unpaired) electrons. The van der Waals surface area contributed by atoms with Crippen molar-refractivity contribution >= 4 is 55.3 Å². The smallest absolute Gasteiger partial charge is 0.239 e. The third-order valence-corrected chi connectivity index (χ3v) is 9.03. The maximum atomic E-state index is 14.7. The Balaban J connectivity index is 1.44. The molecule has 200 valence electrons. The average Bonchev–Trinajstić information content (AvgIpc) is 3.38. The van der Waals surface area contributed by atoms with Crippen LogP contribution >= 0.6 is 31.9 Å². The number of fused-ring (bicyclic) bond motifs is 1. The third kappa shape index (κ3) is 4.71. The van der Waals surface area contributed by atoms with Crippen LogP contribution in [0.3, 0.4) is 0 Å². The van der Waals surface area contributed by atoms with Crippen molar-refractivity contribution in [2.24, 2.45) is 5.92 Å². The minimum absolute atomic E-state index is 0.00879. The van der Waals surface area contributed by atoms with E-state index in [-0.39, 0.29) is 30.7 Å². The van der Waals surface area contributed by atoms with Gasteiger partial charge in [0, 0.05) is 21.1 Å². The van der Waals surface area contributed by atoms with Crippen molar-refractivity contribution in [3.05, 3.63) is 134 Å². The lowest BCUT2D eigenvalue weighted by Gasteiger charge is -2.33. The minimum Gasteiger partial charge on any atom is -0.307 e. The van der Waals surface area contributed by atoms with Crippen LogP contribution in [0.4, 0.5) is 5.69 Å². The highest BCUT2D eigenvalue weighted by molar-refractivity contribution is 9.10. The average molecular weight is 658 g/mol. The van der Waals surface area contributed by atoms with Crippen LogP contribution in [0.25, 0.3) is 0 Å². The van der Waals surface area contributed by atoms with E-state index < -0.39 is 11.3 Å². The number of nitrogens with zero attached hydrogens (tertiary/aromatic N) is 2. The van der Waals surface area contributed by atoms with Crippen molar-refractivity contribution < 1.29 is 14.4 Å². The van der Waals surface area contributed by atoms with Crippen molar-refractivity contribution in [2.75, 3.05) is 4.90 Å². The van der Waals surface area contributed by atoms with E-state index in [9.17, 15) is 14.4 Å². The van der Waals surface area contributed by atoms with E-state index in [1.807, 2.05) is 103 Å². The Labute approximate surface area is 250 Å². The van der Waals surface area contributed by atoms with Gasteiger partial charge < -0.3 is 4.90 Å². The number of carbonyl (C=O) groups is 3. The maximum Gasteiger partial charge on any atom is 0.239 e. The second-order valence-electron chi connectivity index (χ2n) is 10.4. The Kier molecular flexibility index (Phi) is 7.19. The summed E-state index contributed by atoms with van der Waals surface area (Å²) in [6.45, 7) is 0.565. The Morgan fingerprint density at radius 2 is 1.20 bits per heavy atom. The molecule has 5 nitrogen and oxygen atoms in total. The van der Waals surface area contributed by atoms with E-state index in [1.165, 1.54) is 4.90 Å². The lowest BCUT2D eigenvalue weighted by Crippen LogP contribution is -2.49. The van der Waals surface area contributed by atoms with Gasteiger partial charge in [0.15, 0.2) is 0 Å². The van der Waals surface area contributed by atoms with E-state index in [1.54, 1.807) is 4.90 Å². The van der Waals surface area contributed by atoms with Gasteiger partial charge in [0.05, 0.1) is 24.4 Å². The number of likely N-dealkylation sites (tertiary alicyclic amines) is 1. The molecule has 0 saturated carbocycles. The van der Waals surface area contributed by atoms with Crippen LogP contribution in [0.1, 0.15) is 28.7 Å². The first kappa shape index (κ1) is 26.7. The number of anilines is 1. The molecular formula is C33H26Br2N2O3. The lowest BCUT2D eigenvalue weighted by atomic mass is 9.66. The topological polar surface area (TPSA) is 57.7 Å². The molecule has 0 spiro atoms. The summed E-state index contributed by atoms with van der Waals surface area (Å²) in [7, 11) is 0. The number of hydrogen-bond donors (Lipinski definition) is 0. The van der Waals surface area contributed by atoms with Crippen LogP contribution in [-0.4, -0.2) is 22.6 Å². The summed E-state index contributed by atoms with van der Waals surface area (Å²) in [4.78, 5) is 45.4. The molecule has 1 saturated heterocycles. The highest BCUT2D eigenvalue weighted by Gasteiger charge is 2.61. The molecule has 1 fully saturated rings. The number of rotatable bonds is 7. The van der Waals surface area contributed by atoms with Crippen molar-refractivity contribution in [1.29, 1.82) is 0 Å². The highest BCUT2D eigenvalue weighted by atomic mass is 79.9.